The molecule has 0 N–H and O–H groups in total. The Balaban J connectivity index is 2.48. The summed E-state index contributed by atoms with van der Waals surface area (Å²) in [5, 5.41) is 4.30. The monoisotopic (exact) mass is 268 g/mol. The van der Waals surface area contributed by atoms with E-state index in [9.17, 15) is 4.79 Å². The predicted octanol–water partition coefficient (Wildman–Crippen LogP) is 3.13. The van der Waals surface area contributed by atoms with Crippen LogP contribution in [0.15, 0.2) is 27.7 Å². The van der Waals surface area contributed by atoms with Gasteiger partial charge in [-0.2, -0.15) is 11.3 Å². The SMILES string of the molecule is CC(C)c1nc(Cl)cc(=O)n1Cc1ccsc1. The van der Waals surface area contributed by atoms with Crippen LogP contribution in [0.2, 0.25) is 5.15 Å². The van der Waals surface area contributed by atoms with Gasteiger partial charge in [-0.1, -0.05) is 25.4 Å². The molecule has 0 saturated heterocycles. The zero-order valence-electron chi connectivity index (χ0n) is 9.68. The Morgan fingerprint density at radius 1 is 1.53 bits per heavy atom. The first-order chi connectivity index (χ1) is 8.08. The molecular formula is C12H13ClN2OS. The molecule has 90 valence electrons. The molecule has 0 aliphatic rings. The van der Waals surface area contributed by atoms with Gasteiger partial charge in [-0.3, -0.25) is 9.36 Å². The van der Waals surface area contributed by atoms with Crippen molar-refractivity contribution in [2.75, 3.05) is 0 Å². The van der Waals surface area contributed by atoms with Gasteiger partial charge in [-0.25, -0.2) is 4.98 Å². The third kappa shape index (κ3) is 2.76. The highest BCUT2D eigenvalue weighted by Crippen LogP contribution is 2.15. The minimum absolute atomic E-state index is 0.0973. The quantitative estimate of drug-likeness (QED) is 0.802. The van der Waals surface area contributed by atoms with Crippen molar-refractivity contribution in [3.8, 4) is 0 Å². The molecule has 0 amide bonds. The molecule has 0 aliphatic heterocycles. The summed E-state index contributed by atoms with van der Waals surface area (Å²) in [4.78, 5) is 16.2. The van der Waals surface area contributed by atoms with Crippen molar-refractivity contribution in [2.24, 2.45) is 0 Å². The van der Waals surface area contributed by atoms with E-state index in [0.29, 0.717) is 6.54 Å². The Hall–Kier alpha value is -1.13. The van der Waals surface area contributed by atoms with Gasteiger partial charge in [0.15, 0.2) is 0 Å². The number of rotatable bonds is 3. The van der Waals surface area contributed by atoms with Crippen LogP contribution in [-0.2, 0) is 6.54 Å². The van der Waals surface area contributed by atoms with Crippen molar-refractivity contribution in [1.29, 1.82) is 0 Å². The molecule has 2 rings (SSSR count). The Morgan fingerprint density at radius 2 is 2.29 bits per heavy atom. The molecule has 2 heterocycles. The lowest BCUT2D eigenvalue weighted by Crippen LogP contribution is -2.25. The van der Waals surface area contributed by atoms with Crippen molar-refractivity contribution in [2.45, 2.75) is 26.3 Å². The van der Waals surface area contributed by atoms with Crippen LogP contribution in [0.1, 0.15) is 31.2 Å². The summed E-state index contributed by atoms with van der Waals surface area (Å²) in [7, 11) is 0. The van der Waals surface area contributed by atoms with E-state index in [1.54, 1.807) is 15.9 Å². The normalized spacial score (nSPS) is 11.1. The molecule has 0 bridgehead atoms. The minimum atomic E-state index is -0.0973. The van der Waals surface area contributed by atoms with E-state index in [1.807, 2.05) is 30.7 Å². The van der Waals surface area contributed by atoms with E-state index < -0.39 is 0 Å². The molecule has 0 atom stereocenters. The molecule has 0 aliphatic carbocycles. The van der Waals surface area contributed by atoms with Crippen LogP contribution in [-0.4, -0.2) is 9.55 Å². The van der Waals surface area contributed by atoms with Crippen LogP contribution in [0.25, 0.3) is 0 Å². The zero-order valence-corrected chi connectivity index (χ0v) is 11.3. The molecule has 3 nitrogen and oxygen atoms in total. The average Bonchev–Trinajstić information content (AvgIpc) is 2.74. The molecule has 5 heteroatoms. The molecule has 17 heavy (non-hydrogen) atoms. The van der Waals surface area contributed by atoms with Crippen LogP contribution >= 0.6 is 22.9 Å². The second kappa shape index (κ2) is 5.02. The Morgan fingerprint density at radius 3 is 2.88 bits per heavy atom. The molecule has 0 aromatic carbocycles. The second-order valence-electron chi connectivity index (χ2n) is 4.15. The largest absolute Gasteiger partial charge is 0.292 e. The number of thiophene rings is 1. The third-order valence-electron chi connectivity index (χ3n) is 2.44. The Bertz CT molecular complexity index is 560. The maximum absolute atomic E-state index is 11.9. The molecule has 0 spiro atoms. The van der Waals surface area contributed by atoms with E-state index >= 15 is 0 Å². The van der Waals surface area contributed by atoms with Gasteiger partial charge in [-0.05, 0) is 22.4 Å². The molecule has 0 fully saturated rings. The highest BCUT2D eigenvalue weighted by atomic mass is 35.5. The number of aromatic nitrogens is 2. The van der Waals surface area contributed by atoms with Crippen LogP contribution in [0, 0.1) is 0 Å². The molecule has 0 saturated carbocycles. The fraction of sp³-hybridized carbons (Fsp3) is 0.333. The van der Waals surface area contributed by atoms with Gasteiger partial charge in [0.25, 0.3) is 5.56 Å². The highest BCUT2D eigenvalue weighted by Gasteiger charge is 2.11. The van der Waals surface area contributed by atoms with Gasteiger partial charge in [-0.15, -0.1) is 0 Å². The number of halogens is 1. The average molecular weight is 269 g/mol. The lowest BCUT2D eigenvalue weighted by atomic mass is 10.2. The van der Waals surface area contributed by atoms with Crippen molar-refractivity contribution in [3.05, 3.63) is 49.8 Å². The first kappa shape index (κ1) is 12.3. The van der Waals surface area contributed by atoms with Crippen molar-refractivity contribution in [1.82, 2.24) is 9.55 Å². The maximum Gasteiger partial charge on any atom is 0.255 e. The van der Waals surface area contributed by atoms with Gasteiger partial charge in [0.05, 0.1) is 6.54 Å². The fourth-order valence-electron chi connectivity index (χ4n) is 1.66. The predicted molar refractivity (Wildman–Crippen MR) is 71.0 cm³/mol. The van der Waals surface area contributed by atoms with Gasteiger partial charge < -0.3 is 0 Å². The third-order valence-corrected chi connectivity index (χ3v) is 3.37. The molecule has 0 radical (unpaired) electrons. The smallest absolute Gasteiger partial charge is 0.255 e. The summed E-state index contributed by atoms with van der Waals surface area (Å²) in [5.74, 6) is 0.897. The lowest BCUT2D eigenvalue weighted by molar-refractivity contribution is 0.625. The lowest BCUT2D eigenvalue weighted by Gasteiger charge is -2.13. The summed E-state index contributed by atoms with van der Waals surface area (Å²) in [6.45, 7) is 4.56. The topological polar surface area (TPSA) is 34.9 Å². The Kier molecular flexibility index (Phi) is 3.64. The van der Waals surface area contributed by atoms with Crippen molar-refractivity contribution < 1.29 is 0 Å². The van der Waals surface area contributed by atoms with Crippen LogP contribution < -0.4 is 5.56 Å². The fourth-order valence-corrected chi connectivity index (χ4v) is 2.50. The molecule has 2 aromatic rings. The summed E-state index contributed by atoms with van der Waals surface area (Å²) in [5.41, 5.74) is 1.02. The van der Waals surface area contributed by atoms with Crippen LogP contribution in [0.4, 0.5) is 0 Å². The first-order valence-electron chi connectivity index (χ1n) is 5.36. The van der Waals surface area contributed by atoms with Crippen molar-refractivity contribution in [3.63, 3.8) is 0 Å². The van der Waals surface area contributed by atoms with Crippen LogP contribution in [0.3, 0.4) is 0 Å². The van der Waals surface area contributed by atoms with Gasteiger partial charge >= 0.3 is 0 Å². The molecule has 0 unspecified atom stereocenters. The minimum Gasteiger partial charge on any atom is -0.292 e. The van der Waals surface area contributed by atoms with E-state index in [-0.39, 0.29) is 16.6 Å². The van der Waals surface area contributed by atoms with E-state index in [4.69, 9.17) is 11.6 Å². The van der Waals surface area contributed by atoms with Gasteiger partial charge in [0.1, 0.15) is 11.0 Å². The summed E-state index contributed by atoms with van der Waals surface area (Å²) in [6.07, 6.45) is 0. The Labute approximate surface area is 109 Å². The number of nitrogens with zero attached hydrogens (tertiary/aromatic N) is 2. The number of hydrogen-bond acceptors (Lipinski definition) is 3. The number of hydrogen-bond donors (Lipinski definition) is 0. The molecule has 2 aromatic heterocycles. The maximum atomic E-state index is 11.9. The van der Waals surface area contributed by atoms with Gasteiger partial charge in [0.2, 0.25) is 0 Å². The standard InChI is InChI=1S/C12H13ClN2OS/c1-8(2)12-14-10(13)5-11(16)15(12)6-9-3-4-17-7-9/h3-5,7-8H,6H2,1-2H3. The zero-order chi connectivity index (χ0) is 12.4. The molecular weight excluding hydrogens is 256 g/mol. The van der Waals surface area contributed by atoms with Crippen LogP contribution in [0.5, 0.6) is 0 Å². The van der Waals surface area contributed by atoms with Crippen molar-refractivity contribution >= 4 is 22.9 Å². The summed E-state index contributed by atoms with van der Waals surface area (Å²) >= 11 is 7.45. The van der Waals surface area contributed by atoms with E-state index in [2.05, 4.69) is 4.98 Å². The summed E-state index contributed by atoms with van der Waals surface area (Å²) in [6, 6.07) is 3.37. The van der Waals surface area contributed by atoms with Gasteiger partial charge in [0, 0.05) is 12.0 Å². The van der Waals surface area contributed by atoms with E-state index in [1.165, 1.54) is 6.07 Å². The second-order valence-corrected chi connectivity index (χ2v) is 5.32. The summed E-state index contributed by atoms with van der Waals surface area (Å²) < 4.78 is 1.68. The highest BCUT2D eigenvalue weighted by molar-refractivity contribution is 7.07. The first-order valence-corrected chi connectivity index (χ1v) is 6.68. The van der Waals surface area contributed by atoms with E-state index in [0.717, 1.165) is 11.4 Å².